The average Bonchev–Trinajstić information content (AvgIpc) is 3.11. The first kappa shape index (κ1) is 23.1. The normalized spacial score (nSPS) is 11.4. The van der Waals surface area contributed by atoms with E-state index in [1.54, 1.807) is 18.2 Å². The van der Waals surface area contributed by atoms with Crippen LogP contribution < -0.4 is 5.32 Å². The second-order valence-electron chi connectivity index (χ2n) is 8.33. The summed E-state index contributed by atoms with van der Waals surface area (Å²) < 4.78 is 1.98. The van der Waals surface area contributed by atoms with Crippen molar-refractivity contribution < 1.29 is 4.79 Å². The van der Waals surface area contributed by atoms with Gasteiger partial charge in [-0.25, -0.2) is 0 Å². The van der Waals surface area contributed by atoms with Crippen molar-refractivity contribution in [2.24, 2.45) is 0 Å². The fourth-order valence-electron chi connectivity index (χ4n) is 3.11. The lowest BCUT2D eigenvalue weighted by molar-refractivity contribution is -0.113. The van der Waals surface area contributed by atoms with Gasteiger partial charge < -0.3 is 5.32 Å². The Labute approximate surface area is 192 Å². The van der Waals surface area contributed by atoms with Crippen molar-refractivity contribution in [2.75, 3.05) is 11.1 Å². The number of nitrogens with zero attached hydrogens (tertiary/aromatic N) is 3. The van der Waals surface area contributed by atoms with Crippen LogP contribution in [0.4, 0.5) is 5.69 Å². The van der Waals surface area contributed by atoms with Gasteiger partial charge in [-0.3, -0.25) is 9.36 Å². The third kappa shape index (κ3) is 5.77. The summed E-state index contributed by atoms with van der Waals surface area (Å²) in [6.45, 7) is 12.9. The lowest BCUT2D eigenvalue weighted by Crippen LogP contribution is -2.15. The van der Waals surface area contributed by atoms with Gasteiger partial charge in [0.1, 0.15) is 0 Å². The quantitative estimate of drug-likeness (QED) is 0.345. The predicted molar refractivity (Wildman–Crippen MR) is 130 cm³/mol. The summed E-state index contributed by atoms with van der Waals surface area (Å²) >= 11 is 7.33. The summed E-state index contributed by atoms with van der Waals surface area (Å²) in [5.41, 5.74) is 4.00. The number of aryl methyl sites for hydroxylation is 1. The van der Waals surface area contributed by atoms with E-state index in [0.29, 0.717) is 16.7 Å². The molecule has 0 bridgehead atoms. The highest BCUT2D eigenvalue weighted by Gasteiger charge is 2.17. The third-order valence-corrected chi connectivity index (χ3v) is 6.03. The molecule has 7 heteroatoms. The van der Waals surface area contributed by atoms with Crippen LogP contribution in [0.5, 0.6) is 0 Å². The Morgan fingerprint density at radius 2 is 1.90 bits per heavy atom. The smallest absolute Gasteiger partial charge is 0.234 e. The van der Waals surface area contributed by atoms with Gasteiger partial charge >= 0.3 is 0 Å². The Morgan fingerprint density at radius 3 is 2.52 bits per heavy atom. The highest BCUT2D eigenvalue weighted by Crippen LogP contribution is 2.28. The van der Waals surface area contributed by atoms with Crippen molar-refractivity contribution in [3.05, 3.63) is 71.3 Å². The minimum Gasteiger partial charge on any atom is -0.325 e. The monoisotopic (exact) mass is 454 g/mol. The van der Waals surface area contributed by atoms with Gasteiger partial charge in [-0.2, -0.15) is 0 Å². The number of halogens is 1. The van der Waals surface area contributed by atoms with Gasteiger partial charge in [0.25, 0.3) is 0 Å². The van der Waals surface area contributed by atoms with Gasteiger partial charge in [0.2, 0.25) is 5.91 Å². The molecule has 2 aromatic carbocycles. The van der Waals surface area contributed by atoms with Gasteiger partial charge in [0.05, 0.1) is 5.75 Å². The van der Waals surface area contributed by atoms with E-state index < -0.39 is 0 Å². The Morgan fingerprint density at radius 1 is 1.19 bits per heavy atom. The van der Waals surface area contributed by atoms with Crippen LogP contribution in [0.1, 0.15) is 31.9 Å². The van der Waals surface area contributed by atoms with Gasteiger partial charge in [-0.1, -0.05) is 74.5 Å². The first-order valence-electron chi connectivity index (χ1n) is 10.0. The molecule has 1 heterocycles. The summed E-state index contributed by atoms with van der Waals surface area (Å²) in [6, 6.07) is 13.8. The van der Waals surface area contributed by atoms with Crippen molar-refractivity contribution in [1.29, 1.82) is 0 Å². The number of allylic oxidation sites excluding steroid dienone is 1. The lowest BCUT2D eigenvalue weighted by Gasteiger charge is -2.19. The third-order valence-electron chi connectivity index (χ3n) is 4.83. The number of hydrogen-bond donors (Lipinski definition) is 1. The molecule has 3 rings (SSSR count). The summed E-state index contributed by atoms with van der Waals surface area (Å²) in [4.78, 5) is 12.5. The highest BCUT2D eigenvalue weighted by atomic mass is 35.5. The molecule has 0 spiro atoms. The summed E-state index contributed by atoms with van der Waals surface area (Å²) in [6.07, 6.45) is 1.80. The maximum Gasteiger partial charge on any atom is 0.234 e. The number of carbonyl (C=O) groups excluding carboxylic acids is 1. The molecule has 162 valence electrons. The molecule has 3 aromatic rings. The van der Waals surface area contributed by atoms with E-state index in [2.05, 4.69) is 67.1 Å². The first-order chi connectivity index (χ1) is 14.7. The second kappa shape index (κ2) is 9.71. The SMILES string of the molecule is C=CCn1c(SCC(=O)Nc2ccc(Cl)cc2C)nnc1-c1ccc(C(C)(C)C)cc1. The van der Waals surface area contributed by atoms with Crippen LogP contribution in [0, 0.1) is 6.92 Å². The molecule has 5 nitrogen and oxygen atoms in total. The number of anilines is 1. The van der Waals surface area contributed by atoms with Crippen molar-refractivity contribution >= 4 is 35.0 Å². The largest absolute Gasteiger partial charge is 0.325 e. The average molecular weight is 455 g/mol. The zero-order valence-corrected chi connectivity index (χ0v) is 19.8. The molecular formula is C24H27ClN4OS. The molecule has 1 amide bonds. The molecule has 0 aliphatic carbocycles. The molecule has 1 aromatic heterocycles. The lowest BCUT2D eigenvalue weighted by atomic mass is 9.87. The van der Waals surface area contributed by atoms with E-state index in [9.17, 15) is 4.79 Å². The Hall–Kier alpha value is -2.57. The maximum absolute atomic E-state index is 12.5. The van der Waals surface area contributed by atoms with Crippen molar-refractivity contribution in [3.63, 3.8) is 0 Å². The van der Waals surface area contributed by atoms with E-state index in [-0.39, 0.29) is 17.1 Å². The molecular weight excluding hydrogens is 428 g/mol. The molecule has 0 atom stereocenters. The van der Waals surface area contributed by atoms with Gasteiger partial charge in [-0.05, 0) is 41.7 Å². The number of thioether (sulfide) groups is 1. The summed E-state index contributed by atoms with van der Waals surface area (Å²) in [5, 5.41) is 12.9. The standard InChI is InChI=1S/C24H27ClN4OS/c1-6-13-29-22(17-7-9-18(10-8-17)24(3,4)5)27-28-23(29)31-15-21(30)26-20-12-11-19(25)14-16(20)2/h6-12,14H,1,13,15H2,2-5H3,(H,26,30). The molecule has 0 unspecified atom stereocenters. The van der Waals surface area contributed by atoms with Crippen LogP contribution >= 0.6 is 23.4 Å². The molecule has 0 fully saturated rings. The van der Waals surface area contributed by atoms with Crippen molar-refractivity contribution in [2.45, 2.75) is 44.8 Å². The van der Waals surface area contributed by atoms with E-state index >= 15 is 0 Å². The molecule has 0 radical (unpaired) electrons. The van der Waals surface area contributed by atoms with Crippen LogP contribution in [0.2, 0.25) is 5.02 Å². The van der Waals surface area contributed by atoms with E-state index in [1.807, 2.05) is 17.6 Å². The Kier molecular flexibility index (Phi) is 7.23. The van der Waals surface area contributed by atoms with E-state index in [0.717, 1.165) is 22.6 Å². The van der Waals surface area contributed by atoms with Crippen LogP contribution in [-0.2, 0) is 16.8 Å². The topological polar surface area (TPSA) is 59.8 Å². The predicted octanol–water partition coefficient (Wildman–Crippen LogP) is 6.12. The van der Waals surface area contributed by atoms with Crippen molar-refractivity contribution in [3.8, 4) is 11.4 Å². The number of amides is 1. The number of rotatable bonds is 7. The fraction of sp³-hybridized carbons (Fsp3) is 0.292. The van der Waals surface area contributed by atoms with Gasteiger partial charge in [0, 0.05) is 22.8 Å². The minimum absolute atomic E-state index is 0.0874. The van der Waals surface area contributed by atoms with Crippen molar-refractivity contribution in [1.82, 2.24) is 14.8 Å². The van der Waals surface area contributed by atoms with E-state index in [1.165, 1.54) is 17.3 Å². The zero-order chi connectivity index (χ0) is 22.6. The van der Waals surface area contributed by atoms with E-state index in [4.69, 9.17) is 11.6 Å². The van der Waals surface area contributed by atoms with Gasteiger partial charge in [-0.15, -0.1) is 16.8 Å². The summed E-state index contributed by atoms with van der Waals surface area (Å²) in [5.74, 6) is 0.872. The molecule has 0 saturated heterocycles. The fourth-order valence-corrected chi connectivity index (χ4v) is 4.08. The molecule has 0 aliphatic rings. The number of carbonyl (C=O) groups is 1. The summed E-state index contributed by atoms with van der Waals surface area (Å²) in [7, 11) is 0. The van der Waals surface area contributed by atoms with Crippen LogP contribution in [-0.4, -0.2) is 26.4 Å². The number of benzene rings is 2. The second-order valence-corrected chi connectivity index (χ2v) is 9.71. The minimum atomic E-state index is -0.111. The number of hydrogen-bond acceptors (Lipinski definition) is 4. The molecule has 0 aliphatic heterocycles. The molecule has 1 N–H and O–H groups in total. The van der Waals surface area contributed by atoms with Crippen LogP contribution in [0.25, 0.3) is 11.4 Å². The molecule has 0 saturated carbocycles. The first-order valence-corrected chi connectivity index (χ1v) is 11.4. The zero-order valence-electron chi connectivity index (χ0n) is 18.3. The Bertz CT molecular complexity index is 1080. The maximum atomic E-state index is 12.5. The number of nitrogens with one attached hydrogen (secondary N) is 1. The van der Waals surface area contributed by atoms with Gasteiger partial charge in [0.15, 0.2) is 11.0 Å². The highest BCUT2D eigenvalue weighted by molar-refractivity contribution is 7.99. The Balaban J connectivity index is 1.74. The van der Waals surface area contributed by atoms with Crippen LogP contribution in [0.3, 0.4) is 0 Å². The molecule has 31 heavy (non-hydrogen) atoms. The number of aromatic nitrogens is 3. The van der Waals surface area contributed by atoms with Crippen LogP contribution in [0.15, 0.2) is 60.3 Å².